The summed E-state index contributed by atoms with van der Waals surface area (Å²) >= 11 is 0. The van der Waals surface area contributed by atoms with Crippen LogP contribution in [0.5, 0.6) is 0 Å². The van der Waals surface area contributed by atoms with E-state index in [9.17, 15) is 23.1 Å². The number of aliphatic carboxylic acids is 1. The summed E-state index contributed by atoms with van der Waals surface area (Å²) in [5, 5.41) is 12.0. The average Bonchev–Trinajstić information content (AvgIpc) is 2.54. The second-order valence-corrected chi connectivity index (χ2v) is 8.34. The van der Waals surface area contributed by atoms with Crippen LogP contribution in [-0.2, 0) is 19.6 Å². The zero-order valence-corrected chi connectivity index (χ0v) is 15.2. The lowest BCUT2D eigenvalue weighted by Crippen LogP contribution is -2.36. The highest BCUT2D eigenvalue weighted by molar-refractivity contribution is 7.89. The van der Waals surface area contributed by atoms with Crippen molar-refractivity contribution in [3.8, 4) is 0 Å². The molecule has 1 fully saturated rings. The lowest BCUT2D eigenvalue weighted by Gasteiger charge is -2.27. The van der Waals surface area contributed by atoms with Crippen molar-refractivity contribution in [3.05, 3.63) is 24.3 Å². The number of carbonyl (C=O) groups excluding carboxylic acids is 1. The van der Waals surface area contributed by atoms with E-state index in [0.29, 0.717) is 18.5 Å². The summed E-state index contributed by atoms with van der Waals surface area (Å²) in [6, 6.07) is 5.62. The van der Waals surface area contributed by atoms with Crippen LogP contribution in [0.4, 0.5) is 5.69 Å². The smallest absolute Gasteiger partial charge is 0.307 e. The van der Waals surface area contributed by atoms with Crippen LogP contribution in [0.1, 0.15) is 39.5 Å². The Kier molecular flexibility index (Phi) is 6.18. The van der Waals surface area contributed by atoms with Gasteiger partial charge in [-0.2, -0.15) is 0 Å². The predicted molar refractivity (Wildman–Crippen MR) is 93.6 cm³/mol. The number of rotatable bonds is 6. The maximum Gasteiger partial charge on any atom is 0.307 e. The van der Waals surface area contributed by atoms with E-state index in [1.165, 1.54) is 24.3 Å². The third-order valence-corrected chi connectivity index (χ3v) is 5.92. The van der Waals surface area contributed by atoms with Crippen molar-refractivity contribution < 1.29 is 23.1 Å². The number of sulfonamides is 1. The van der Waals surface area contributed by atoms with E-state index in [1.807, 2.05) is 0 Å². The van der Waals surface area contributed by atoms with Crippen molar-refractivity contribution in [1.82, 2.24) is 4.72 Å². The van der Waals surface area contributed by atoms with Crippen LogP contribution in [-0.4, -0.2) is 31.4 Å². The second-order valence-electron chi connectivity index (χ2n) is 6.63. The fraction of sp³-hybridized carbons (Fsp3) is 0.529. The molecule has 0 saturated heterocycles. The van der Waals surface area contributed by atoms with Crippen LogP contribution in [0, 0.1) is 11.8 Å². The van der Waals surface area contributed by atoms with Gasteiger partial charge in [0.1, 0.15) is 0 Å². The molecule has 2 rings (SSSR count). The highest BCUT2D eigenvalue weighted by Gasteiger charge is 2.35. The van der Waals surface area contributed by atoms with Gasteiger partial charge in [0.2, 0.25) is 15.9 Å². The minimum Gasteiger partial charge on any atom is -0.481 e. The Hall–Kier alpha value is -1.93. The first-order chi connectivity index (χ1) is 11.7. The molecule has 1 aliphatic carbocycles. The maximum absolute atomic E-state index is 12.4. The van der Waals surface area contributed by atoms with Crippen molar-refractivity contribution in [3.63, 3.8) is 0 Å². The highest BCUT2D eigenvalue weighted by Crippen LogP contribution is 2.31. The maximum atomic E-state index is 12.4. The third-order valence-electron chi connectivity index (χ3n) is 4.24. The molecule has 0 radical (unpaired) electrons. The number of hydrogen-bond donors (Lipinski definition) is 3. The van der Waals surface area contributed by atoms with E-state index < -0.39 is 27.8 Å². The first-order valence-corrected chi connectivity index (χ1v) is 9.85. The van der Waals surface area contributed by atoms with E-state index in [2.05, 4.69) is 10.0 Å². The Morgan fingerprint density at radius 3 is 2.16 bits per heavy atom. The van der Waals surface area contributed by atoms with Gasteiger partial charge in [-0.05, 0) is 51.0 Å². The standard InChI is InChI=1S/C17H24N2O5S/c1-11(2)19-25(23,24)13-9-7-12(8-10-13)18-16(20)14-5-3-4-6-15(14)17(21)22/h7-11,14-15,19H,3-6H2,1-2H3,(H,18,20)(H,21,22). The fourth-order valence-electron chi connectivity index (χ4n) is 3.07. The summed E-state index contributed by atoms with van der Waals surface area (Å²) < 4.78 is 26.6. The molecule has 0 aliphatic heterocycles. The van der Waals surface area contributed by atoms with Crippen molar-refractivity contribution in [2.75, 3.05) is 5.32 Å². The van der Waals surface area contributed by atoms with Crippen LogP contribution in [0.25, 0.3) is 0 Å². The third kappa shape index (κ3) is 5.02. The van der Waals surface area contributed by atoms with E-state index in [1.54, 1.807) is 13.8 Å². The monoisotopic (exact) mass is 368 g/mol. The van der Waals surface area contributed by atoms with Crippen LogP contribution < -0.4 is 10.0 Å². The summed E-state index contributed by atoms with van der Waals surface area (Å²) in [6.45, 7) is 3.46. The van der Waals surface area contributed by atoms with E-state index in [0.717, 1.165) is 12.8 Å². The molecule has 2 atom stereocenters. The van der Waals surface area contributed by atoms with Gasteiger partial charge in [0.15, 0.2) is 0 Å². The van der Waals surface area contributed by atoms with Crippen molar-refractivity contribution in [2.24, 2.45) is 11.8 Å². The van der Waals surface area contributed by atoms with Gasteiger partial charge < -0.3 is 10.4 Å². The molecular formula is C17H24N2O5S. The average molecular weight is 368 g/mol. The Labute approximate surface area is 147 Å². The van der Waals surface area contributed by atoms with Gasteiger partial charge in [-0.3, -0.25) is 9.59 Å². The van der Waals surface area contributed by atoms with E-state index >= 15 is 0 Å². The molecule has 0 bridgehead atoms. The van der Waals surface area contributed by atoms with Crippen molar-refractivity contribution in [2.45, 2.75) is 50.5 Å². The molecule has 7 nitrogen and oxygen atoms in total. The number of nitrogens with one attached hydrogen (secondary N) is 2. The molecule has 1 amide bonds. The fourth-order valence-corrected chi connectivity index (χ4v) is 4.32. The minimum absolute atomic E-state index is 0.111. The Morgan fingerprint density at radius 2 is 1.64 bits per heavy atom. The summed E-state index contributed by atoms with van der Waals surface area (Å²) in [5.74, 6) is -2.50. The van der Waals surface area contributed by atoms with Gasteiger partial charge in [-0.15, -0.1) is 0 Å². The van der Waals surface area contributed by atoms with Crippen molar-refractivity contribution >= 4 is 27.6 Å². The zero-order chi connectivity index (χ0) is 18.6. The molecule has 2 unspecified atom stereocenters. The molecule has 0 aromatic heterocycles. The number of carboxylic acid groups (broad SMARTS) is 1. The van der Waals surface area contributed by atoms with E-state index in [-0.39, 0.29) is 16.8 Å². The summed E-state index contributed by atoms with van der Waals surface area (Å²) in [7, 11) is -3.59. The van der Waals surface area contributed by atoms with Crippen molar-refractivity contribution in [1.29, 1.82) is 0 Å². The number of carbonyl (C=O) groups is 2. The first kappa shape index (κ1) is 19.4. The van der Waals surface area contributed by atoms with Gasteiger partial charge in [-0.1, -0.05) is 12.8 Å². The number of anilines is 1. The molecule has 1 aliphatic rings. The van der Waals surface area contributed by atoms with Gasteiger partial charge >= 0.3 is 5.97 Å². The van der Waals surface area contributed by atoms with Gasteiger partial charge in [0, 0.05) is 11.7 Å². The first-order valence-electron chi connectivity index (χ1n) is 8.37. The number of benzene rings is 1. The molecule has 0 spiro atoms. The summed E-state index contributed by atoms with van der Waals surface area (Å²) in [5.41, 5.74) is 0.447. The largest absolute Gasteiger partial charge is 0.481 e. The lowest BCUT2D eigenvalue weighted by molar-refractivity contribution is -0.147. The normalized spacial score (nSPS) is 21.1. The Balaban J connectivity index is 2.08. The number of hydrogen-bond acceptors (Lipinski definition) is 4. The topological polar surface area (TPSA) is 113 Å². The molecule has 138 valence electrons. The molecule has 1 saturated carbocycles. The van der Waals surface area contributed by atoms with E-state index in [4.69, 9.17) is 0 Å². The minimum atomic E-state index is -3.59. The predicted octanol–water partition coefficient (Wildman–Crippen LogP) is 2.20. The Morgan fingerprint density at radius 1 is 1.08 bits per heavy atom. The molecule has 8 heteroatoms. The van der Waals surface area contributed by atoms with Crippen LogP contribution >= 0.6 is 0 Å². The molecule has 0 heterocycles. The van der Waals surface area contributed by atoms with Gasteiger partial charge in [-0.25, -0.2) is 13.1 Å². The molecule has 1 aromatic carbocycles. The molecule has 1 aromatic rings. The van der Waals surface area contributed by atoms with Crippen LogP contribution in [0.15, 0.2) is 29.2 Å². The van der Waals surface area contributed by atoms with Crippen LogP contribution in [0.3, 0.4) is 0 Å². The van der Waals surface area contributed by atoms with Gasteiger partial charge in [0.05, 0.1) is 16.7 Å². The summed E-state index contributed by atoms with van der Waals surface area (Å²) in [6.07, 6.45) is 2.70. The molecule has 25 heavy (non-hydrogen) atoms. The quantitative estimate of drug-likeness (QED) is 0.712. The molecular weight excluding hydrogens is 344 g/mol. The number of amides is 1. The second kappa shape index (κ2) is 7.97. The Bertz CT molecular complexity index is 728. The molecule has 3 N–H and O–H groups in total. The highest BCUT2D eigenvalue weighted by atomic mass is 32.2. The van der Waals surface area contributed by atoms with Crippen LogP contribution in [0.2, 0.25) is 0 Å². The summed E-state index contributed by atoms with van der Waals surface area (Å²) in [4.78, 5) is 23.8. The van der Waals surface area contributed by atoms with Gasteiger partial charge in [0.25, 0.3) is 0 Å². The zero-order valence-electron chi connectivity index (χ0n) is 14.4. The number of carboxylic acids is 1. The lowest BCUT2D eigenvalue weighted by atomic mass is 9.78. The SMILES string of the molecule is CC(C)NS(=O)(=O)c1ccc(NC(=O)C2CCCCC2C(=O)O)cc1.